The molecule has 0 aliphatic carbocycles. The molecule has 1 aromatic carbocycles. The molecule has 0 amide bonds. The van der Waals surface area contributed by atoms with Gasteiger partial charge in [0.2, 0.25) is 3.57 Å². The molecule has 6 heteroatoms. The third kappa shape index (κ3) is 15.3. The van der Waals surface area contributed by atoms with Crippen molar-refractivity contribution in [3.05, 3.63) is 33.9 Å². The Bertz CT molecular complexity index is 359. The molecule has 0 N–H and O–H groups in total. The number of halogens is 5. The molecule has 0 saturated carbocycles. The number of rotatable bonds is 1. The predicted molar refractivity (Wildman–Crippen MR) is 57.9 cm³/mol. The Balaban J connectivity index is 0.000000437. The lowest BCUT2D eigenvalue weighted by molar-refractivity contribution is -0.535. The van der Waals surface area contributed by atoms with Crippen molar-refractivity contribution in [2.75, 3.05) is 0 Å². The first-order valence-corrected chi connectivity index (χ1v) is 7.01. The minimum absolute atomic E-state index is 0.0679. The van der Waals surface area contributed by atoms with Gasteiger partial charge in [-0.1, -0.05) is 32.0 Å². The van der Waals surface area contributed by atoms with Gasteiger partial charge in [-0.3, -0.25) is 0 Å². The van der Waals surface area contributed by atoms with Gasteiger partial charge in [0.25, 0.3) is 0 Å². The molecular formula is C11H12BF4I. The van der Waals surface area contributed by atoms with Crippen LogP contribution in [0.25, 0.3) is 0 Å². The van der Waals surface area contributed by atoms with Gasteiger partial charge >= 0.3 is 28.5 Å². The minimum Gasteiger partial charge on any atom is -0.418 e. The second-order valence-electron chi connectivity index (χ2n) is 3.28. The summed E-state index contributed by atoms with van der Waals surface area (Å²) in [4.78, 5) is 0. The average Bonchev–Trinajstić information content (AvgIpc) is 2.16. The molecule has 0 radical (unpaired) electrons. The van der Waals surface area contributed by atoms with Crippen LogP contribution in [0.15, 0.2) is 30.3 Å². The SMILES string of the molecule is CC(C)C#C[I+]c1ccccc1.F[B-](F)(F)F. The van der Waals surface area contributed by atoms with Crippen LogP contribution in [-0.2, 0) is 0 Å². The molecular weight excluding hydrogens is 346 g/mol. The zero-order valence-electron chi connectivity index (χ0n) is 9.43. The van der Waals surface area contributed by atoms with Crippen molar-refractivity contribution in [2.24, 2.45) is 5.92 Å². The smallest absolute Gasteiger partial charge is 0.418 e. The lowest BCUT2D eigenvalue weighted by atomic mass is 10.2. The molecule has 1 rings (SSSR count). The lowest BCUT2D eigenvalue weighted by Crippen LogP contribution is -3.59. The van der Waals surface area contributed by atoms with E-state index in [2.05, 4.69) is 48.0 Å². The van der Waals surface area contributed by atoms with E-state index in [9.17, 15) is 17.3 Å². The summed E-state index contributed by atoms with van der Waals surface area (Å²) in [5, 5.41) is 0. The molecule has 0 bridgehead atoms. The van der Waals surface area contributed by atoms with E-state index in [4.69, 9.17) is 0 Å². The van der Waals surface area contributed by atoms with Crippen LogP contribution in [-0.4, -0.2) is 7.25 Å². The molecule has 0 unspecified atom stereocenters. The second-order valence-corrected chi connectivity index (χ2v) is 5.60. The standard InChI is InChI=1S/C11H12I.BF4/c1-10(2)8-9-12-11-6-4-3-5-7-11;2-1(3,4)5/h3-7,10H,1-2H3;/q+1;-1. The third-order valence-electron chi connectivity index (χ3n) is 1.23. The van der Waals surface area contributed by atoms with E-state index >= 15 is 0 Å². The molecule has 1 aromatic rings. The van der Waals surface area contributed by atoms with E-state index in [0.29, 0.717) is 5.92 Å². The van der Waals surface area contributed by atoms with E-state index in [-0.39, 0.29) is 21.2 Å². The molecule has 0 fully saturated rings. The Kier molecular flexibility index (Phi) is 8.05. The fraction of sp³-hybridized carbons (Fsp3) is 0.273. The van der Waals surface area contributed by atoms with Crippen LogP contribution in [0, 0.1) is 19.3 Å². The van der Waals surface area contributed by atoms with Crippen LogP contribution >= 0.6 is 0 Å². The van der Waals surface area contributed by atoms with Crippen LogP contribution < -0.4 is 21.2 Å². The molecule has 0 heterocycles. The van der Waals surface area contributed by atoms with Gasteiger partial charge in [0.15, 0.2) is 3.93 Å². The van der Waals surface area contributed by atoms with Gasteiger partial charge in [0.05, 0.1) is 0 Å². The van der Waals surface area contributed by atoms with Crippen LogP contribution in [0.1, 0.15) is 13.8 Å². The van der Waals surface area contributed by atoms with Gasteiger partial charge < -0.3 is 17.3 Å². The maximum atomic E-state index is 9.75. The fourth-order valence-electron chi connectivity index (χ4n) is 0.669. The number of benzene rings is 1. The highest BCUT2D eigenvalue weighted by Crippen LogP contribution is 2.06. The van der Waals surface area contributed by atoms with Gasteiger partial charge in [0, 0.05) is 5.92 Å². The van der Waals surface area contributed by atoms with Gasteiger partial charge in [-0.25, -0.2) is 0 Å². The Morgan fingerprint density at radius 1 is 1.06 bits per heavy atom. The van der Waals surface area contributed by atoms with Crippen molar-refractivity contribution in [2.45, 2.75) is 13.8 Å². The van der Waals surface area contributed by atoms with Crippen LogP contribution in [0.3, 0.4) is 0 Å². The molecule has 0 atom stereocenters. The number of hydrogen-bond donors (Lipinski definition) is 0. The van der Waals surface area contributed by atoms with Gasteiger partial charge in [-0.2, -0.15) is 0 Å². The van der Waals surface area contributed by atoms with Crippen LogP contribution in [0.4, 0.5) is 17.3 Å². The Morgan fingerprint density at radius 3 is 1.94 bits per heavy atom. The Hall–Kier alpha value is -0.705. The lowest BCUT2D eigenvalue weighted by Gasteiger charge is -1.94. The number of hydrogen-bond acceptors (Lipinski definition) is 0. The van der Waals surface area contributed by atoms with E-state index in [1.54, 1.807) is 0 Å². The molecule has 17 heavy (non-hydrogen) atoms. The highest BCUT2D eigenvalue weighted by molar-refractivity contribution is 6.50. The highest BCUT2D eigenvalue weighted by atomic mass is 127. The Morgan fingerprint density at radius 2 is 1.53 bits per heavy atom. The maximum Gasteiger partial charge on any atom is 0.673 e. The van der Waals surface area contributed by atoms with Crippen molar-refractivity contribution in [1.29, 1.82) is 0 Å². The second kappa shape index (κ2) is 8.40. The van der Waals surface area contributed by atoms with Crippen molar-refractivity contribution in [1.82, 2.24) is 0 Å². The average molecular weight is 358 g/mol. The molecule has 0 nitrogen and oxygen atoms in total. The van der Waals surface area contributed by atoms with E-state index in [0.717, 1.165) is 0 Å². The summed E-state index contributed by atoms with van der Waals surface area (Å²) in [6, 6.07) is 10.5. The van der Waals surface area contributed by atoms with Crippen LogP contribution in [0.5, 0.6) is 0 Å². The quantitative estimate of drug-likeness (QED) is 0.303. The van der Waals surface area contributed by atoms with Crippen molar-refractivity contribution < 1.29 is 38.5 Å². The maximum absolute atomic E-state index is 9.75. The van der Waals surface area contributed by atoms with Gasteiger partial charge in [-0.05, 0) is 18.1 Å². The third-order valence-corrected chi connectivity index (χ3v) is 3.16. The van der Waals surface area contributed by atoms with Crippen molar-refractivity contribution in [3.8, 4) is 9.85 Å². The summed E-state index contributed by atoms with van der Waals surface area (Å²) < 4.78 is 43.7. The summed E-state index contributed by atoms with van der Waals surface area (Å²) in [7, 11) is -6.00. The van der Waals surface area contributed by atoms with Gasteiger partial charge in [0.1, 0.15) is 0 Å². The van der Waals surface area contributed by atoms with Crippen LogP contribution in [0.2, 0.25) is 0 Å². The zero-order valence-corrected chi connectivity index (χ0v) is 11.6. The molecule has 0 spiro atoms. The molecule has 0 aliphatic heterocycles. The minimum atomic E-state index is -6.00. The zero-order chi connectivity index (χ0) is 13.3. The summed E-state index contributed by atoms with van der Waals surface area (Å²) in [5.74, 6) is 3.70. The molecule has 0 saturated heterocycles. The van der Waals surface area contributed by atoms with Gasteiger partial charge in [-0.15, -0.1) is 0 Å². The first-order chi connectivity index (χ1) is 7.79. The summed E-state index contributed by atoms with van der Waals surface area (Å²) >= 11 is -0.0679. The van der Waals surface area contributed by atoms with Crippen molar-refractivity contribution in [3.63, 3.8) is 0 Å². The fourth-order valence-corrected chi connectivity index (χ4v) is 2.53. The molecule has 0 aliphatic rings. The molecule has 94 valence electrons. The highest BCUT2D eigenvalue weighted by Gasteiger charge is 2.20. The van der Waals surface area contributed by atoms with Crippen molar-refractivity contribution >= 4 is 7.25 Å². The topological polar surface area (TPSA) is 0 Å². The largest absolute Gasteiger partial charge is 0.673 e. The normalized spacial score (nSPS) is 10.1. The summed E-state index contributed by atoms with van der Waals surface area (Å²) in [5.41, 5.74) is 0. The monoisotopic (exact) mass is 358 g/mol. The van der Waals surface area contributed by atoms with E-state index in [1.165, 1.54) is 3.57 Å². The van der Waals surface area contributed by atoms with E-state index < -0.39 is 7.25 Å². The predicted octanol–water partition coefficient (Wildman–Crippen LogP) is 0.862. The first-order valence-electron chi connectivity index (χ1n) is 4.85. The summed E-state index contributed by atoms with van der Waals surface area (Å²) in [6.45, 7) is 4.25. The first kappa shape index (κ1) is 16.3. The molecule has 0 aromatic heterocycles. The summed E-state index contributed by atoms with van der Waals surface area (Å²) in [6.07, 6.45) is 0. The Labute approximate surface area is 109 Å². The van der Waals surface area contributed by atoms with E-state index in [1.807, 2.05) is 6.07 Å².